The smallest absolute Gasteiger partial charge is 0.244 e. The van der Waals surface area contributed by atoms with Crippen molar-refractivity contribution in [1.29, 1.82) is 0 Å². The third-order valence-corrected chi connectivity index (χ3v) is 7.54. The highest BCUT2D eigenvalue weighted by Gasteiger charge is 2.38. The third-order valence-electron chi connectivity index (χ3n) is 5.68. The number of fused-ring (bicyclic) bond motifs is 1. The second-order valence-electron chi connectivity index (χ2n) is 7.28. The molecule has 0 saturated heterocycles. The van der Waals surface area contributed by atoms with Crippen molar-refractivity contribution in [2.24, 2.45) is 0 Å². The molecular weight excluding hydrogens is 432 g/mol. The van der Waals surface area contributed by atoms with Gasteiger partial charge in [0.25, 0.3) is 0 Å². The minimum Gasteiger partial charge on any atom is -0.493 e. The van der Waals surface area contributed by atoms with E-state index in [4.69, 9.17) is 18.9 Å². The number of aromatic nitrogens is 1. The molecular formula is C23H26N2O6S. The van der Waals surface area contributed by atoms with Crippen molar-refractivity contribution in [2.75, 3.05) is 35.0 Å². The van der Waals surface area contributed by atoms with Crippen LogP contribution in [0.2, 0.25) is 0 Å². The molecule has 0 fully saturated rings. The van der Waals surface area contributed by atoms with Crippen molar-refractivity contribution in [3.8, 4) is 23.0 Å². The lowest BCUT2D eigenvalue weighted by Gasteiger charge is -2.36. The van der Waals surface area contributed by atoms with Crippen LogP contribution >= 0.6 is 0 Å². The van der Waals surface area contributed by atoms with Gasteiger partial charge >= 0.3 is 0 Å². The number of hydrogen-bond donors (Lipinski definition) is 0. The van der Waals surface area contributed by atoms with Crippen molar-refractivity contribution in [3.63, 3.8) is 0 Å². The van der Waals surface area contributed by atoms with E-state index in [1.54, 1.807) is 26.4 Å². The monoisotopic (exact) mass is 458 g/mol. The van der Waals surface area contributed by atoms with Gasteiger partial charge in [0.05, 0.1) is 39.4 Å². The second kappa shape index (κ2) is 8.76. The number of benzene rings is 2. The maximum Gasteiger partial charge on any atom is 0.244 e. The van der Waals surface area contributed by atoms with Crippen molar-refractivity contribution >= 4 is 10.0 Å². The summed E-state index contributed by atoms with van der Waals surface area (Å²) in [6.45, 7) is 0.871. The van der Waals surface area contributed by atoms with Gasteiger partial charge < -0.3 is 23.5 Å². The van der Waals surface area contributed by atoms with Crippen molar-refractivity contribution < 1.29 is 27.4 Å². The first-order chi connectivity index (χ1) is 15.4. The van der Waals surface area contributed by atoms with E-state index in [1.165, 1.54) is 30.7 Å². The number of nitrogens with zero attached hydrogens (tertiary/aromatic N) is 2. The van der Waals surface area contributed by atoms with Gasteiger partial charge in [0, 0.05) is 31.0 Å². The van der Waals surface area contributed by atoms with Crippen LogP contribution in [0.25, 0.3) is 0 Å². The molecule has 0 spiro atoms. The first-order valence-electron chi connectivity index (χ1n) is 10.1. The maximum atomic E-state index is 13.8. The molecule has 2 aromatic carbocycles. The van der Waals surface area contributed by atoms with Gasteiger partial charge in [-0.15, -0.1) is 0 Å². The van der Waals surface area contributed by atoms with Gasteiger partial charge in [-0.1, -0.05) is 6.07 Å². The maximum absolute atomic E-state index is 13.8. The van der Waals surface area contributed by atoms with Crippen LogP contribution < -0.4 is 18.9 Å². The van der Waals surface area contributed by atoms with Crippen molar-refractivity contribution in [2.45, 2.75) is 17.5 Å². The Hall–Kier alpha value is -3.17. The highest BCUT2D eigenvalue weighted by molar-refractivity contribution is 7.89. The lowest BCUT2D eigenvalue weighted by molar-refractivity contribution is 0.296. The topological polar surface area (TPSA) is 79.2 Å². The molecule has 1 aliphatic heterocycles. The minimum absolute atomic E-state index is 0.139. The standard InChI is InChI=1S/C23H26N2O6S/c1-28-19-9-7-16(14-21(19)30-3)23-18-6-5-11-24(18)12-13-25(23)32(26,27)17-8-10-20(29-2)22(15-17)31-4/h5-11,14-15,23H,12-13H2,1-4H3/t23-/m0/s1. The molecule has 0 bridgehead atoms. The predicted octanol–water partition coefficient (Wildman–Crippen LogP) is 3.32. The Morgan fingerprint density at radius 1 is 0.781 bits per heavy atom. The first-order valence-corrected chi connectivity index (χ1v) is 11.5. The molecule has 2 heterocycles. The molecule has 9 heteroatoms. The van der Waals surface area contributed by atoms with E-state index in [9.17, 15) is 8.42 Å². The summed E-state index contributed by atoms with van der Waals surface area (Å²) in [7, 11) is 2.26. The largest absolute Gasteiger partial charge is 0.493 e. The van der Waals surface area contributed by atoms with Crippen LogP contribution in [0.1, 0.15) is 17.3 Å². The van der Waals surface area contributed by atoms with E-state index in [-0.39, 0.29) is 4.90 Å². The van der Waals surface area contributed by atoms with Gasteiger partial charge in [-0.25, -0.2) is 8.42 Å². The molecule has 0 unspecified atom stereocenters. The van der Waals surface area contributed by atoms with Crippen molar-refractivity contribution in [3.05, 3.63) is 66.0 Å². The van der Waals surface area contributed by atoms with Crippen LogP contribution in [0.3, 0.4) is 0 Å². The Morgan fingerprint density at radius 2 is 1.41 bits per heavy atom. The van der Waals surface area contributed by atoms with E-state index in [2.05, 4.69) is 4.57 Å². The van der Waals surface area contributed by atoms with Crippen LogP contribution in [0.15, 0.2) is 59.6 Å². The van der Waals surface area contributed by atoms with E-state index in [0.717, 1.165) is 11.3 Å². The number of sulfonamides is 1. The molecule has 1 atom stereocenters. The average molecular weight is 459 g/mol. The Kier molecular flexibility index (Phi) is 6.03. The number of ether oxygens (including phenoxy) is 4. The molecule has 1 aromatic heterocycles. The van der Waals surface area contributed by atoms with Crippen LogP contribution in [-0.4, -0.2) is 52.3 Å². The molecule has 170 valence electrons. The van der Waals surface area contributed by atoms with Gasteiger partial charge in [-0.2, -0.15) is 4.31 Å². The van der Waals surface area contributed by atoms with E-state index < -0.39 is 16.1 Å². The quantitative estimate of drug-likeness (QED) is 0.541. The summed E-state index contributed by atoms with van der Waals surface area (Å²) in [5.41, 5.74) is 1.67. The minimum atomic E-state index is -3.86. The number of methoxy groups -OCH3 is 4. The van der Waals surface area contributed by atoms with Gasteiger partial charge in [0.1, 0.15) is 0 Å². The molecule has 8 nitrogen and oxygen atoms in total. The lowest BCUT2D eigenvalue weighted by atomic mass is 10.0. The Labute approximate surface area is 187 Å². The normalized spacial score (nSPS) is 16.3. The summed E-state index contributed by atoms with van der Waals surface area (Å²) >= 11 is 0. The van der Waals surface area contributed by atoms with Crippen LogP contribution in [0, 0.1) is 0 Å². The van der Waals surface area contributed by atoms with Crippen LogP contribution in [-0.2, 0) is 16.6 Å². The second-order valence-corrected chi connectivity index (χ2v) is 9.17. The summed E-state index contributed by atoms with van der Waals surface area (Å²) in [6, 6.07) is 13.4. The Bertz CT molecular complexity index is 1220. The summed E-state index contributed by atoms with van der Waals surface area (Å²) < 4.78 is 52.6. The zero-order chi connectivity index (χ0) is 22.9. The molecule has 1 aliphatic rings. The zero-order valence-corrected chi connectivity index (χ0v) is 19.3. The van der Waals surface area contributed by atoms with E-state index in [0.29, 0.717) is 36.1 Å². The lowest BCUT2D eigenvalue weighted by Crippen LogP contribution is -2.42. The Morgan fingerprint density at radius 3 is 2.06 bits per heavy atom. The third kappa shape index (κ3) is 3.67. The summed E-state index contributed by atoms with van der Waals surface area (Å²) in [6.07, 6.45) is 1.96. The molecule has 0 radical (unpaired) electrons. The van der Waals surface area contributed by atoms with E-state index in [1.807, 2.05) is 30.5 Å². The average Bonchev–Trinajstić information content (AvgIpc) is 3.31. The molecule has 0 aliphatic carbocycles. The number of rotatable bonds is 7. The number of hydrogen-bond acceptors (Lipinski definition) is 6. The molecule has 3 aromatic rings. The fraction of sp³-hybridized carbons (Fsp3) is 0.304. The summed E-state index contributed by atoms with van der Waals surface area (Å²) in [5.74, 6) is 1.95. The van der Waals surface area contributed by atoms with E-state index >= 15 is 0 Å². The van der Waals surface area contributed by atoms with Crippen LogP contribution in [0.5, 0.6) is 23.0 Å². The van der Waals surface area contributed by atoms with Gasteiger partial charge in [-0.3, -0.25) is 0 Å². The van der Waals surface area contributed by atoms with Gasteiger partial charge in [0.2, 0.25) is 10.0 Å². The van der Waals surface area contributed by atoms with Gasteiger partial charge in [-0.05, 0) is 42.0 Å². The highest BCUT2D eigenvalue weighted by atomic mass is 32.2. The SMILES string of the molecule is COc1ccc([C@H]2c3cccn3CCN2S(=O)(=O)c2ccc(OC)c(OC)c2)cc1OC. The molecule has 0 N–H and O–H groups in total. The first kappa shape index (κ1) is 22.0. The molecule has 0 saturated carbocycles. The molecule has 0 amide bonds. The predicted molar refractivity (Wildman–Crippen MR) is 119 cm³/mol. The van der Waals surface area contributed by atoms with Crippen LogP contribution in [0.4, 0.5) is 0 Å². The summed E-state index contributed by atoms with van der Waals surface area (Å²) in [5, 5.41) is 0. The van der Waals surface area contributed by atoms with Gasteiger partial charge in [0.15, 0.2) is 23.0 Å². The fourth-order valence-corrected chi connectivity index (χ4v) is 5.69. The zero-order valence-electron chi connectivity index (χ0n) is 18.4. The Balaban J connectivity index is 1.84. The van der Waals surface area contributed by atoms with Crippen molar-refractivity contribution in [1.82, 2.24) is 8.87 Å². The molecule has 4 rings (SSSR count). The summed E-state index contributed by atoms with van der Waals surface area (Å²) in [4.78, 5) is 0.139. The fourth-order valence-electron chi connectivity index (χ4n) is 4.09. The highest BCUT2D eigenvalue weighted by Crippen LogP contribution is 2.40. The molecule has 32 heavy (non-hydrogen) atoms.